The van der Waals surface area contributed by atoms with Gasteiger partial charge in [-0.05, 0) is 11.6 Å². The summed E-state index contributed by atoms with van der Waals surface area (Å²) >= 11 is 1.68. The summed E-state index contributed by atoms with van der Waals surface area (Å²) < 4.78 is 0.0854. The maximum atomic E-state index is 10.6. The molecule has 0 aromatic heterocycles. The molecule has 0 aliphatic rings. The van der Waals surface area contributed by atoms with E-state index in [9.17, 15) is 9.90 Å². The molecule has 1 aromatic rings. The highest BCUT2D eigenvalue weighted by Gasteiger charge is 2.14. The predicted molar refractivity (Wildman–Crippen MR) is 60.8 cm³/mol. The molecule has 1 rings (SSSR count). The molecule has 0 fully saturated rings. The molecule has 0 bridgehead atoms. The number of carboxylic acid groups (broad SMARTS) is 1. The van der Waals surface area contributed by atoms with Gasteiger partial charge in [-0.15, -0.1) is 11.8 Å². The van der Waals surface area contributed by atoms with Crippen LogP contribution in [0.1, 0.15) is 26.3 Å². The second-order valence-electron chi connectivity index (χ2n) is 4.37. The standard InChI is InChI=1S/C12H16O2S/c1-12(2,3)15-10-7-5-4-6-9(10)8-11(13)14/h4-7H,8H2,1-3H3,(H,13,14)/p-1. The Morgan fingerprint density at radius 2 is 1.93 bits per heavy atom. The topological polar surface area (TPSA) is 40.1 Å². The lowest BCUT2D eigenvalue weighted by molar-refractivity contribution is -0.304. The van der Waals surface area contributed by atoms with Crippen LogP contribution in [0.25, 0.3) is 0 Å². The van der Waals surface area contributed by atoms with Crippen LogP contribution in [0.3, 0.4) is 0 Å². The zero-order chi connectivity index (χ0) is 11.5. The Morgan fingerprint density at radius 3 is 2.47 bits per heavy atom. The highest BCUT2D eigenvalue weighted by molar-refractivity contribution is 8.00. The first-order chi connectivity index (χ1) is 6.88. The molecule has 0 N–H and O–H groups in total. The first-order valence-corrected chi connectivity index (χ1v) is 5.67. The van der Waals surface area contributed by atoms with Gasteiger partial charge < -0.3 is 9.90 Å². The van der Waals surface area contributed by atoms with Gasteiger partial charge in [-0.2, -0.15) is 0 Å². The Balaban J connectivity index is 2.91. The summed E-state index contributed by atoms with van der Waals surface area (Å²) in [5, 5.41) is 10.6. The quantitative estimate of drug-likeness (QED) is 0.734. The van der Waals surface area contributed by atoms with E-state index < -0.39 is 5.97 Å². The maximum absolute atomic E-state index is 10.6. The number of carbonyl (C=O) groups is 1. The van der Waals surface area contributed by atoms with E-state index >= 15 is 0 Å². The van der Waals surface area contributed by atoms with Crippen LogP contribution >= 0.6 is 11.8 Å². The number of hydrogen-bond acceptors (Lipinski definition) is 3. The van der Waals surface area contributed by atoms with Gasteiger partial charge in [-0.3, -0.25) is 0 Å². The van der Waals surface area contributed by atoms with Gasteiger partial charge in [0.1, 0.15) is 0 Å². The molecular formula is C12H15O2S-. The summed E-state index contributed by atoms with van der Waals surface area (Å²) in [6.07, 6.45) is -0.0146. The van der Waals surface area contributed by atoms with Crippen molar-refractivity contribution >= 4 is 17.7 Å². The zero-order valence-corrected chi connectivity index (χ0v) is 10.1. The summed E-state index contributed by atoms with van der Waals surface area (Å²) in [6, 6.07) is 7.57. The minimum absolute atomic E-state index is 0.0146. The van der Waals surface area contributed by atoms with Gasteiger partial charge in [0.25, 0.3) is 0 Å². The summed E-state index contributed by atoms with van der Waals surface area (Å²) in [4.78, 5) is 11.6. The predicted octanol–water partition coefficient (Wildman–Crippen LogP) is 1.87. The molecule has 0 atom stereocenters. The van der Waals surface area contributed by atoms with Gasteiger partial charge in [0.05, 0.1) is 0 Å². The number of carbonyl (C=O) groups excluding carboxylic acids is 1. The SMILES string of the molecule is CC(C)(C)Sc1ccccc1CC(=O)[O-]. The van der Waals surface area contributed by atoms with Crippen molar-refractivity contribution < 1.29 is 9.90 Å². The van der Waals surface area contributed by atoms with Crippen LogP contribution in [-0.4, -0.2) is 10.7 Å². The fraction of sp³-hybridized carbons (Fsp3) is 0.417. The molecule has 0 saturated carbocycles. The lowest BCUT2D eigenvalue weighted by Crippen LogP contribution is -2.24. The maximum Gasteiger partial charge on any atom is 0.0458 e. The largest absolute Gasteiger partial charge is 0.550 e. The lowest BCUT2D eigenvalue weighted by Gasteiger charge is -2.20. The van der Waals surface area contributed by atoms with Crippen LogP contribution in [0.2, 0.25) is 0 Å². The van der Waals surface area contributed by atoms with Crippen molar-refractivity contribution in [2.75, 3.05) is 0 Å². The fourth-order valence-electron chi connectivity index (χ4n) is 1.23. The lowest BCUT2D eigenvalue weighted by atomic mass is 10.1. The normalized spacial score (nSPS) is 11.4. The third kappa shape index (κ3) is 4.38. The van der Waals surface area contributed by atoms with Crippen molar-refractivity contribution in [3.8, 4) is 0 Å². The van der Waals surface area contributed by atoms with Gasteiger partial charge in [-0.25, -0.2) is 0 Å². The molecular weight excluding hydrogens is 208 g/mol. The Bertz CT molecular complexity index is 353. The number of benzene rings is 1. The Morgan fingerprint density at radius 1 is 1.33 bits per heavy atom. The molecule has 1 aromatic carbocycles. The van der Waals surface area contributed by atoms with Gasteiger partial charge >= 0.3 is 0 Å². The average molecular weight is 223 g/mol. The molecule has 82 valence electrons. The Labute approximate surface area is 94.7 Å². The Kier molecular flexibility index (Phi) is 3.80. The van der Waals surface area contributed by atoms with Crippen LogP contribution in [0, 0.1) is 0 Å². The molecule has 2 nitrogen and oxygen atoms in total. The first kappa shape index (κ1) is 12.1. The molecule has 0 amide bonds. The Hall–Kier alpha value is -0.960. The van der Waals surface area contributed by atoms with Crippen LogP contribution in [-0.2, 0) is 11.2 Å². The smallest absolute Gasteiger partial charge is 0.0458 e. The van der Waals surface area contributed by atoms with Crippen LogP contribution in [0.5, 0.6) is 0 Å². The van der Waals surface area contributed by atoms with Crippen molar-refractivity contribution in [2.45, 2.75) is 36.8 Å². The molecule has 0 aliphatic heterocycles. The average Bonchev–Trinajstić information content (AvgIpc) is 2.05. The highest BCUT2D eigenvalue weighted by Crippen LogP contribution is 2.34. The van der Waals surface area contributed by atoms with Crippen molar-refractivity contribution in [1.82, 2.24) is 0 Å². The molecule has 0 unspecified atom stereocenters. The van der Waals surface area contributed by atoms with Crippen LogP contribution in [0.15, 0.2) is 29.2 Å². The summed E-state index contributed by atoms with van der Waals surface area (Å²) in [5.41, 5.74) is 0.831. The molecule has 15 heavy (non-hydrogen) atoms. The van der Waals surface area contributed by atoms with Crippen molar-refractivity contribution in [2.24, 2.45) is 0 Å². The second-order valence-corrected chi connectivity index (χ2v) is 6.24. The van der Waals surface area contributed by atoms with Crippen LogP contribution < -0.4 is 5.11 Å². The second kappa shape index (κ2) is 4.71. The van der Waals surface area contributed by atoms with Gasteiger partial charge in [0.2, 0.25) is 0 Å². The zero-order valence-electron chi connectivity index (χ0n) is 9.24. The molecule has 0 heterocycles. The molecule has 0 aliphatic carbocycles. The monoisotopic (exact) mass is 223 g/mol. The summed E-state index contributed by atoms with van der Waals surface area (Å²) in [6.45, 7) is 6.31. The molecule has 0 radical (unpaired) electrons. The van der Waals surface area contributed by atoms with Crippen molar-refractivity contribution in [1.29, 1.82) is 0 Å². The van der Waals surface area contributed by atoms with E-state index in [4.69, 9.17) is 0 Å². The number of aliphatic carboxylic acids is 1. The molecule has 0 saturated heterocycles. The first-order valence-electron chi connectivity index (χ1n) is 4.85. The van der Waals surface area contributed by atoms with Crippen molar-refractivity contribution in [3.63, 3.8) is 0 Å². The highest BCUT2D eigenvalue weighted by atomic mass is 32.2. The van der Waals surface area contributed by atoms with E-state index in [0.29, 0.717) is 0 Å². The van der Waals surface area contributed by atoms with E-state index in [0.717, 1.165) is 10.5 Å². The minimum Gasteiger partial charge on any atom is -0.550 e. The third-order valence-corrected chi connectivity index (χ3v) is 2.95. The fourth-order valence-corrected chi connectivity index (χ4v) is 2.31. The van der Waals surface area contributed by atoms with E-state index in [2.05, 4.69) is 20.8 Å². The van der Waals surface area contributed by atoms with E-state index in [1.807, 2.05) is 24.3 Å². The summed E-state index contributed by atoms with van der Waals surface area (Å²) in [5.74, 6) is -1.03. The number of carboxylic acids is 1. The number of thioether (sulfide) groups is 1. The van der Waals surface area contributed by atoms with Crippen molar-refractivity contribution in [3.05, 3.63) is 29.8 Å². The summed E-state index contributed by atoms with van der Waals surface area (Å²) in [7, 11) is 0. The van der Waals surface area contributed by atoms with E-state index in [1.54, 1.807) is 11.8 Å². The van der Waals surface area contributed by atoms with E-state index in [1.165, 1.54) is 0 Å². The van der Waals surface area contributed by atoms with Gasteiger partial charge in [0.15, 0.2) is 0 Å². The number of rotatable bonds is 3. The van der Waals surface area contributed by atoms with Crippen LogP contribution in [0.4, 0.5) is 0 Å². The van der Waals surface area contributed by atoms with Gasteiger partial charge in [0, 0.05) is 22.0 Å². The minimum atomic E-state index is -1.03. The van der Waals surface area contributed by atoms with Gasteiger partial charge in [-0.1, -0.05) is 39.0 Å². The number of hydrogen-bond donors (Lipinski definition) is 0. The molecule has 0 spiro atoms. The van der Waals surface area contributed by atoms with E-state index in [-0.39, 0.29) is 11.2 Å². The molecule has 3 heteroatoms. The third-order valence-electron chi connectivity index (χ3n) is 1.72.